The quantitative estimate of drug-likeness (QED) is 0.0562. The molecule has 2 heterocycles. The number of ether oxygens (including phenoxy) is 1. The van der Waals surface area contributed by atoms with E-state index in [0.29, 0.717) is 27.5 Å². The number of benzene rings is 4. The number of carbonyl (C=O) groups excluding carboxylic acids is 2. The maximum absolute atomic E-state index is 15.3. The first-order chi connectivity index (χ1) is 21.8. The van der Waals surface area contributed by atoms with E-state index in [-0.39, 0.29) is 21.8 Å². The van der Waals surface area contributed by atoms with E-state index in [1.54, 1.807) is 36.4 Å². The van der Waals surface area contributed by atoms with Gasteiger partial charge in [0.05, 0.1) is 5.57 Å². The van der Waals surface area contributed by atoms with Crippen LogP contribution < -0.4 is 9.64 Å². The van der Waals surface area contributed by atoms with Crippen LogP contribution in [-0.4, -0.2) is 27.0 Å². The molecule has 0 radical (unpaired) electrons. The molecule has 0 saturated carbocycles. The molecule has 5 aromatic rings. The van der Waals surface area contributed by atoms with Crippen LogP contribution in [0.5, 0.6) is 5.75 Å². The average molecular weight is 658 g/mol. The van der Waals surface area contributed by atoms with Crippen LogP contribution in [0.25, 0.3) is 5.76 Å². The summed E-state index contributed by atoms with van der Waals surface area (Å²) in [6.07, 6.45) is 0. The Bertz CT molecular complexity index is 1930. The summed E-state index contributed by atoms with van der Waals surface area (Å²) in [5.74, 6) is -1.92. The second kappa shape index (κ2) is 13.2. The van der Waals surface area contributed by atoms with Crippen molar-refractivity contribution in [2.24, 2.45) is 0 Å². The van der Waals surface area contributed by atoms with Crippen molar-refractivity contribution < 1.29 is 23.8 Å². The Hall–Kier alpha value is -4.51. The topological polar surface area (TPSA) is 92.6 Å². The van der Waals surface area contributed by atoms with Crippen molar-refractivity contribution in [3.05, 3.63) is 141 Å². The molecule has 1 N–H and O–H groups in total. The molecule has 226 valence electrons. The minimum absolute atomic E-state index is 0.0388. The SMILES string of the molecule is Cc1ccccc1COc1ccc(/C(O)=C2\C(=O)C(=O)N(c3nnc(SCc4ccccc4Cl)s3)C2c2ccccc2F)cc1. The standard InChI is InChI=1S/C34H25ClFN3O4S2/c1-20-8-2-3-9-22(20)18-43-24-16-14-21(15-17-24)30(40)28-29(25-11-5-7-13-27(25)36)39(32(42)31(28)41)33-37-38-34(45-33)44-19-23-10-4-6-12-26(23)35/h2-17,29,40H,18-19H2,1H3/b30-28+. The molecule has 11 heteroatoms. The van der Waals surface area contributed by atoms with Crippen molar-refractivity contribution in [1.29, 1.82) is 0 Å². The monoisotopic (exact) mass is 657 g/mol. The summed E-state index contributed by atoms with van der Waals surface area (Å²) >= 11 is 8.74. The van der Waals surface area contributed by atoms with Gasteiger partial charge in [-0.1, -0.05) is 95.4 Å². The van der Waals surface area contributed by atoms with Gasteiger partial charge in [-0.15, -0.1) is 10.2 Å². The fraction of sp³-hybridized carbons (Fsp3) is 0.118. The fourth-order valence-corrected chi connectivity index (χ4v) is 7.08. The molecule has 1 aromatic heterocycles. The molecule has 7 nitrogen and oxygen atoms in total. The number of anilines is 1. The van der Waals surface area contributed by atoms with E-state index in [2.05, 4.69) is 10.2 Å². The number of ketones is 1. The largest absolute Gasteiger partial charge is 0.507 e. The van der Waals surface area contributed by atoms with E-state index in [1.807, 2.05) is 49.4 Å². The molecule has 4 aromatic carbocycles. The third-order valence-electron chi connectivity index (χ3n) is 7.34. The van der Waals surface area contributed by atoms with Crippen LogP contribution in [0, 0.1) is 12.7 Å². The van der Waals surface area contributed by atoms with E-state index < -0.39 is 29.3 Å². The van der Waals surface area contributed by atoms with Crippen LogP contribution in [-0.2, 0) is 21.9 Å². The number of Topliss-reactive ketones (excluding diaryl/α,β-unsaturated/α-hetero) is 1. The summed E-state index contributed by atoms with van der Waals surface area (Å²) in [7, 11) is 0. The van der Waals surface area contributed by atoms with E-state index in [1.165, 1.54) is 30.0 Å². The Morgan fingerprint density at radius 1 is 0.956 bits per heavy atom. The van der Waals surface area contributed by atoms with Crippen LogP contribution in [0.3, 0.4) is 0 Å². The summed E-state index contributed by atoms with van der Waals surface area (Å²) in [4.78, 5) is 28.1. The number of hydrogen-bond acceptors (Lipinski definition) is 8. The van der Waals surface area contributed by atoms with Gasteiger partial charge in [0.15, 0.2) is 4.34 Å². The molecule has 0 aliphatic carbocycles. The number of hydrogen-bond donors (Lipinski definition) is 1. The second-order valence-corrected chi connectivity index (χ2v) is 12.7. The molecule has 6 rings (SSSR count). The van der Waals surface area contributed by atoms with Gasteiger partial charge in [-0.2, -0.15) is 0 Å². The Morgan fingerprint density at radius 3 is 2.38 bits per heavy atom. The molecule has 1 aliphatic heterocycles. The Morgan fingerprint density at radius 2 is 1.64 bits per heavy atom. The first kappa shape index (κ1) is 30.5. The van der Waals surface area contributed by atoms with Crippen LogP contribution >= 0.6 is 34.7 Å². The maximum atomic E-state index is 15.3. The number of aromatic nitrogens is 2. The predicted molar refractivity (Wildman–Crippen MR) is 174 cm³/mol. The summed E-state index contributed by atoms with van der Waals surface area (Å²) < 4.78 is 21.7. The number of rotatable bonds is 9. The minimum atomic E-state index is -1.27. The van der Waals surface area contributed by atoms with Gasteiger partial charge in [0, 0.05) is 21.9 Å². The van der Waals surface area contributed by atoms with Gasteiger partial charge in [-0.05, 0) is 60.0 Å². The molecule has 1 fully saturated rings. The molecule has 45 heavy (non-hydrogen) atoms. The van der Waals surface area contributed by atoms with Crippen molar-refractivity contribution in [3.8, 4) is 5.75 Å². The first-order valence-electron chi connectivity index (χ1n) is 13.8. The molecule has 0 bridgehead atoms. The van der Waals surface area contributed by atoms with Crippen LogP contribution in [0.4, 0.5) is 9.52 Å². The van der Waals surface area contributed by atoms with Crippen molar-refractivity contribution in [2.45, 2.75) is 29.7 Å². The normalized spacial score (nSPS) is 15.9. The van der Waals surface area contributed by atoms with E-state index in [9.17, 15) is 14.7 Å². The fourth-order valence-electron chi connectivity index (χ4n) is 4.93. The van der Waals surface area contributed by atoms with Gasteiger partial charge in [0.1, 0.15) is 30.0 Å². The van der Waals surface area contributed by atoms with Crippen molar-refractivity contribution in [2.75, 3.05) is 4.90 Å². The van der Waals surface area contributed by atoms with Gasteiger partial charge in [0.2, 0.25) is 5.13 Å². The highest BCUT2D eigenvalue weighted by atomic mass is 35.5. The summed E-state index contributed by atoms with van der Waals surface area (Å²) in [5, 5.41) is 20.5. The van der Waals surface area contributed by atoms with Gasteiger partial charge in [-0.3, -0.25) is 14.5 Å². The molecular weight excluding hydrogens is 633 g/mol. The number of carbonyl (C=O) groups is 2. The molecule has 1 aliphatic rings. The molecular formula is C34H25ClFN3O4S2. The Labute approximate surface area is 272 Å². The number of thioether (sulfide) groups is 1. The van der Waals surface area contributed by atoms with E-state index in [0.717, 1.165) is 32.9 Å². The van der Waals surface area contributed by atoms with Crippen LogP contribution in [0.2, 0.25) is 5.02 Å². The smallest absolute Gasteiger partial charge is 0.301 e. The van der Waals surface area contributed by atoms with Crippen molar-refractivity contribution >= 4 is 57.3 Å². The highest BCUT2D eigenvalue weighted by molar-refractivity contribution is 8.00. The molecule has 1 amide bonds. The zero-order valence-electron chi connectivity index (χ0n) is 23.8. The number of nitrogens with zero attached hydrogens (tertiary/aromatic N) is 3. The Kier molecular flexibility index (Phi) is 8.97. The zero-order chi connectivity index (χ0) is 31.5. The minimum Gasteiger partial charge on any atom is -0.507 e. The highest BCUT2D eigenvalue weighted by Gasteiger charge is 2.49. The van der Waals surface area contributed by atoms with Gasteiger partial charge in [0.25, 0.3) is 5.78 Å². The van der Waals surface area contributed by atoms with Gasteiger partial charge in [-0.25, -0.2) is 4.39 Å². The lowest BCUT2D eigenvalue weighted by atomic mass is 9.95. The summed E-state index contributed by atoms with van der Waals surface area (Å²) in [5.41, 5.74) is 3.10. The average Bonchev–Trinajstić information content (AvgIpc) is 3.62. The number of aliphatic hydroxyl groups excluding tert-OH is 1. The predicted octanol–water partition coefficient (Wildman–Crippen LogP) is 8.14. The number of aryl methyl sites for hydroxylation is 1. The lowest BCUT2D eigenvalue weighted by molar-refractivity contribution is -0.132. The van der Waals surface area contributed by atoms with Crippen molar-refractivity contribution in [1.82, 2.24) is 10.2 Å². The third kappa shape index (κ3) is 6.35. The van der Waals surface area contributed by atoms with Gasteiger partial charge < -0.3 is 9.84 Å². The number of aliphatic hydroxyl groups is 1. The zero-order valence-corrected chi connectivity index (χ0v) is 26.2. The van der Waals surface area contributed by atoms with Crippen molar-refractivity contribution in [3.63, 3.8) is 0 Å². The van der Waals surface area contributed by atoms with Crippen LogP contribution in [0.15, 0.2) is 107 Å². The lowest BCUT2D eigenvalue weighted by Gasteiger charge is -2.22. The number of halogens is 2. The highest BCUT2D eigenvalue weighted by Crippen LogP contribution is 2.45. The molecule has 1 atom stereocenters. The maximum Gasteiger partial charge on any atom is 0.301 e. The molecule has 0 spiro atoms. The third-order valence-corrected chi connectivity index (χ3v) is 9.81. The first-order valence-corrected chi connectivity index (χ1v) is 16.0. The second-order valence-electron chi connectivity index (χ2n) is 10.2. The molecule has 1 unspecified atom stereocenters. The summed E-state index contributed by atoms with van der Waals surface area (Å²) in [6.45, 7) is 2.36. The van der Waals surface area contributed by atoms with E-state index >= 15 is 4.39 Å². The van der Waals surface area contributed by atoms with Gasteiger partial charge >= 0.3 is 5.91 Å². The van der Waals surface area contributed by atoms with Crippen LogP contribution in [0.1, 0.15) is 33.9 Å². The van der Waals surface area contributed by atoms with E-state index in [4.69, 9.17) is 16.3 Å². The lowest BCUT2D eigenvalue weighted by Crippen LogP contribution is -2.29. The molecule has 1 saturated heterocycles. The Balaban J connectivity index is 1.31. The summed E-state index contributed by atoms with van der Waals surface area (Å²) in [6, 6.07) is 26.4. The number of amides is 1.